The van der Waals surface area contributed by atoms with E-state index in [9.17, 15) is 10.1 Å². The average Bonchev–Trinajstić information content (AvgIpc) is 3.27. The zero-order valence-corrected chi connectivity index (χ0v) is 14.0. The van der Waals surface area contributed by atoms with Crippen molar-refractivity contribution in [3.8, 4) is 17.5 Å². The number of Topliss-reactive ketones (excluding diaryl/α,β-unsaturated/α-hetero) is 1. The first kappa shape index (κ1) is 16.0. The minimum Gasteiger partial charge on any atom is -0.292 e. The van der Waals surface area contributed by atoms with E-state index in [1.54, 1.807) is 18.2 Å². The van der Waals surface area contributed by atoms with Crippen molar-refractivity contribution in [3.63, 3.8) is 0 Å². The van der Waals surface area contributed by atoms with E-state index in [1.165, 1.54) is 17.7 Å². The van der Waals surface area contributed by atoms with E-state index < -0.39 is 5.92 Å². The highest BCUT2D eigenvalue weighted by Crippen LogP contribution is 2.27. The number of ketones is 1. The van der Waals surface area contributed by atoms with E-state index >= 15 is 0 Å². The van der Waals surface area contributed by atoms with E-state index in [4.69, 9.17) is 0 Å². The van der Waals surface area contributed by atoms with Crippen LogP contribution in [0.25, 0.3) is 11.4 Å². The van der Waals surface area contributed by atoms with Gasteiger partial charge in [-0.05, 0) is 12.0 Å². The lowest BCUT2D eigenvalue weighted by molar-refractivity contribution is 0.0979. The van der Waals surface area contributed by atoms with Gasteiger partial charge < -0.3 is 0 Å². The molecule has 2 heterocycles. The average molecular weight is 337 g/mol. The lowest BCUT2D eigenvalue weighted by atomic mass is 9.97. The Balaban J connectivity index is 1.92. The van der Waals surface area contributed by atoms with Gasteiger partial charge in [-0.3, -0.25) is 9.89 Å². The number of hydrogen-bond acceptors (Lipinski definition) is 6. The molecule has 1 N–H and O–H groups in total. The second-order valence-electron chi connectivity index (χ2n) is 5.61. The fraction of sp³-hybridized carbons (Fsp3) is 0.235. The SMILES string of the molecule is CC(C)c1csc([C@H](C#N)C(=O)c2cccc(-c3ncn[nH]3)c2)n1. The summed E-state index contributed by atoms with van der Waals surface area (Å²) in [6, 6.07) is 9.09. The van der Waals surface area contributed by atoms with Gasteiger partial charge in [0.05, 0.1) is 11.8 Å². The molecular formula is C17H15N5OS. The van der Waals surface area contributed by atoms with Crippen LogP contribution in [0.5, 0.6) is 0 Å². The van der Waals surface area contributed by atoms with Gasteiger partial charge in [0.1, 0.15) is 11.3 Å². The largest absolute Gasteiger partial charge is 0.292 e. The molecule has 0 aliphatic heterocycles. The van der Waals surface area contributed by atoms with Gasteiger partial charge in [0, 0.05) is 16.5 Å². The standard InChI is InChI=1S/C17H15N5OS/c1-10(2)14-8-24-17(21-14)13(7-18)15(23)11-4-3-5-12(6-11)16-19-9-20-22-16/h3-6,8-10,13H,1-2H3,(H,19,20,22)/t13-/m1/s1. The van der Waals surface area contributed by atoms with Crippen molar-refractivity contribution < 1.29 is 4.79 Å². The summed E-state index contributed by atoms with van der Waals surface area (Å²) in [5, 5.41) is 18.5. The maximum atomic E-state index is 12.8. The number of nitrogens with one attached hydrogen (secondary N) is 1. The fourth-order valence-corrected chi connectivity index (χ4v) is 3.28. The van der Waals surface area contributed by atoms with Crippen molar-refractivity contribution in [2.75, 3.05) is 0 Å². The number of carbonyl (C=O) groups excluding carboxylic acids is 1. The van der Waals surface area contributed by atoms with Gasteiger partial charge >= 0.3 is 0 Å². The number of benzene rings is 1. The Bertz CT molecular complexity index is 892. The zero-order valence-electron chi connectivity index (χ0n) is 13.2. The second kappa shape index (κ2) is 6.72. The first-order valence-corrected chi connectivity index (χ1v) is 8.33. The van der Waals surface area contributed by atoms with Gasteiger partial charge in [0.2, 0.25) is 0 Å². The lowest BCUT2D eigenvalue weighted by Crippen LogP contribution is -2.11. The number of hydrogen-bond donors (Lipinski definition) is 1. The molecule has 0 amide bonds. The summed E-state index contributed by atoms with van der Waals surface area (Å²) in [7, 11) is 0. The molecule has 0 fully saturated rings. The molecule has 120 valence electrons. The molecule has 0 aliphatic carbocycles. The number of nitrogens with zero attached hydrogens (tertiary/aromatic N) is 4. The number of carbonyl (C=O) groups is 1. The Kier molecular flexibility index (Phi) is 4.49. The summed E-state index contributed by atoms with van der Waals surface area (Å²) >= 11 is 1.35. The van der Waals surface area contributed by atoms with Gasteiger partial charge in [0.15, 0.2) is 17.5 Å². The van der Waals surface area contributed by atoms with Gasteiger partial charge in [-0.1, -0.05) is 32.0 Å². The van der Waals surface area contributed by atoms with Crippen LogP contribution in [0, 0.1) is 11.3 Å². The van der Waals surface area contributed by atoms with Gasteiger partial charge in [-0.25, -0.2) is 9.97 Å². The molecule has 0 radical (unpaired) electrons. The van der Waals surface area contributed by atoms with E-state index in [0.717, 1.165) is 11.3 Å². The van der Waals surface area contributed by atoms with Gasteiger partial charge in [-0.2, -0.15) is 10.4 Å². The molecule has 24 heavy (non-hydrogen) atoms. The number of rotatable bonds is 5. The van der Waals surface area contributed by atoms with E-state index in [2.05, 4.69) is 26.2 Å². The third-order valence-corrected chi connectivity index (χ3v) is 4.53. The Morgan fingerprint density at radius 3 is 2.83 bits per heavy atom. The van der Waals surface area contributed by atoms with Crippen LogP contribution in [0.3, 0.4) is 0 Å². The molecule has 3 aromatic rings. The predicted molar refractivity (Wildman–Crippen MR) is 90.7 cm³/mol. The molecule has 1 atom stereocenters. The molecule has 0 bridgehead atoms. The third kappa shape index (κ3) is 3.09. The molecule has 0 spiro atoms. The van der Waals surface area contributed by atoms with Crippen molar-refractivity contribution in [1.29, 1.82) is 5.26 Å². The highest BCUT2D eigenvalue weighted by molar-refractivity contribution is 7.10. The molecule has 6 nitrogen and oxygen atoms in total. The van der Waals surface area contributed by atoms with Gasteiger partial charge in [-0.15, -0.1) is 11.3 Å². The maximum Gasteiger partial charge on any atom is 0.186 e. The topological polar surface area (TPSA) is 95.3 Å². The molecule has 0 unspecified atom stereocenters. The maximum absolute atomic E-state index is 12.8. The minimum atomic E-state index is -0.896. The number of H-pyrrole nitrogens is 1. The Labute approximate surface area is 143 Å². The summed E-state index contributed by atoms with van der Waals surface area (Å²) < 4.78 is 0. The highest BCUT2D eigenvalue weighted by atomic mass is 32.1. The van der Waals surface area contributed by atoms with Crippen LogP contribution in [-0.4, -0.2) is 25.9 Å². The molecule has 7 heteroatoms. The fourth-order valence-electron chi connectivity index (χ4n) is 2.26. The van der Waals surface area contributed by atoms with Crippen LogP contribution in [0.4, 0.5) is 0 Å². The molecule has 3 rings (SSSR count). The van der Waals surface area contributed by atoms with E-state index in [0.29, 0.717) is 16.4 Å². The van der Waals surface area contributed by atoms with Crippen LogP contribution in [-0.2, 0) is 0 Å². The van der Waals surface area contributed by atoms with Crippen LogP contribution in [0.2, 0.25) is 0 Å². The summed E-state index contributed by atoms with van der Waals surface area (Å²) in [6.07, 6.45) is 1.41. The summed E-state index contributed by atoms with van der Waals surface area (Å²) in [5.41, 5.74) is 2.10. The number of aromatic amines is 1. The smallest absolute Gasteiger partial charge is 0.186 e. The Morgan fingerprint density at radius 1 is 1.38 bits per heavy atom. The zero-order chi connectivity index (χ0) is 17.1. The summed E-state index contributed by atoms with van der Waals surface area (Å²) in [4.78, 5) is 21.3. The summed E-state index contributed by atoms with van der Waals surface area (Å²) in [6.45, 7) is 4.06. The van der Waals surface area contributed by atoms with Crippen molar-refractivity contribution in [2.45, 2.75) is 25.7 Å². The van der Waals surface area contributed by atoms with Crippen molar-refractivity contribution in [3.05, 3.63) is 52.2 Å². The molecule has 1 aromatic carbocycles. The van der Waals surface area contributed by atoms with Gasteiger partial charge in [0.25, 0.3) is 0 Å². The third-order valence-electron chi connectivity index (χ3n) is 3.61. The molecular weight excluding hydrogens is 322 g/mol. The number of thiazole rings is 1. The Morgan fingerprint density at radius 2 is 2.21 bits per heavy atom. The normalized spacial score (nSPS) is 12.1. The highest BCUT2D eigenvalue weighted by Gasteiger charge is 2.25. The van der Waals surface area contributed by atoms with Crippen molar-refractivity contribution >= 4 is 17.1 Å². The van der Waals surface area contributed by atoms with E-state index in [1.807, 2.05) is 25.3 Å². The predicted octanol–water partition coefficient (Wildman–Crippen LogP) is 3.54. The lowest BCUT2D eigenvalue weighted by Gasteiger charge is -2.07. The monoisotopic (exact) mass is 337 g/mol. The van der Waals surface area contributed by atoms with Crippen LogP contribution >= 0.6 is 11.3 Å². The van der Waals surface area contributed by atoms with Crippen LogP contribution in [0.1, 0.15) is 46.7 Å². The quantitative estimate of drug-likeness (QED) is 0.718. The Hall–Kier alpha value is -2.85. The number of nitriles is 1. The van der Waals surface area contributed by atoms with Crippen LogP contribution in [0.15, 0.2) is 36.0 Å². The second-order valence-corrected chi connectivity index (χ2v) is 6.50. The van der Waals surface area contributed by atoms with Crippen molar-refractivity contribution in [1.82, 2.24) is 20.2 Å². The minimum absolute atomic E-state index is 0.261. The molecule has 0 saturated heterocycles. The van der Waals surface area contributed by atoms with Crippen molar-refractivity contribution in [2.24, 2.45) is 0 Å². The van der Waals surface area contributed by atoms with E-state index in [-0.39, 0.29) is 11.7 Å². The first-order valence-electron chi connectivity index (χ1n) is 7.45. The number of aromatic nitrogens is 4. The summed E-state index contributed by atoms with van der Waals surface area (Å²) in [5.74, 6) is -0.315. The molecule has 0 aliphatic rings. The molecule has 2 aromatic heterocycles. The van der Waals surface area contributed by atoms with Crippen LogP contribution < -0.4 is 0 Å². The molecule has 0 saturated carbocycles. The first-order chi connectivity index (χ1) is 11.6.